The molecule has 0 bridgehead atoms. The SMILES string of the molecule is COCCNCCNC(=O)C(C)(C)c1cccc(C(F)(F)F)c1. The van der Waals surface area contributed by atoms with Gasteiger partial charge in [-0.3, -0.25) is 4.79 Å². The Kier molecular flexibility index (Phi) is 7.02. The molecule has 0 radical (unpaired) electrons. The van der Waals surface area contributed by atoms with Crippen molar-refractivity contribution in [3.8, 4) is 0 Å². The predicted octanol–water partition coefficient (Wildman–Crippen LogP) is 2.34. The number of ether oxygens (including phenoxy) is 1. The largest absolute Gasteiger partial charge is 0.416 e. The first kappa shape index (κ1) is 19.4. The number of hydrogen-bond donors (Lipinski definition) is 2. The lowest BCUT2D eigenvalue weighted by Crippen LogP contribution is -2.43. The standard InChI is InChI=1S/C16H23F3N2O2/c1-15(2,14(22)21-8-7-20-9-10-23-3)12-5-4-6-13(11-12)16(17,18)19/h4-6,11,20H,7-10H2,1-3H3,(H,21,22). The van der Waals surface area contributed by atoms with Gasteiger partial charge in [-0.25, -0.2) is 0 Å². The van der Waals surface area contributed by atoms with E-state index in [4.69, 9.17) is 4.74 Å². The zero-order valence-corrected chi connectivity index (χ0v) is 13.6. The van der Waals surface area contributed by atoms with Crippen molar-refractivity contribution in [1.29, 1.82) is 0 Å². The van der Waals surface area contributed by atoms with E-state index in [2.05, 4.69) is 10.6 Å². The number of amides is 1. The molecule has 23 heavy (non-hydrogen) atoms. The Morgan fingerprint density at radius 3 is 2.39 bits per heavy atom. The first-order valence-corrected chi connectivity index (χ1v) is 7.35. The molecule has 0 atom stereocenters. The van der Waals surface area contributed by atoms with Crippen molar-refractivity contribution in [3.63, 3.8) is 0 Å². The van der Waals surface area contributed by atoms with Crippen molar-refractivity contribution in [2.24, 2.45) is 0 Å². The van der Waals surface area contributed by atoms with E-state index in [1.54, 1.807) is 21.0 Å². The van der Waals surface area contributed by atoms with Gasteiger partial charge in [-0.1, -0.05) is 18.2 Å². The molecule has 4 nitrogen and oxygen atoms in total. The van der Waals surface area contributed by atoms with Gasteiger partial charge in [-0.2, -0.15) is 13.2 Å². The highest BCUT2D eigenvalue weighted by molar-refractivity contribution is 5.87. The second-order valence-electron chi connectivity index (χ2n) is 5.70. The fraction of sp³-hybridized carbons (Fsp3) is 0.562. The minimum Gasteiger partial charge on any atom is -0.383 e. The van der Waals surface area contributed by atoms with Crippen molar-refractivity contribution < 1.29 is 22.7 Å². The Morgan fingerprint density at radius 2 is 1.78 bits per heavy atom. The number of halogens is 3. The average molecular weight is 332 g/mol. The highest BCUT2D eigenvalue weighted by Crippen LogP contribution is 2.32. The van der Waals surface area contributed by atoms with Crippen LogP contribution in [0.4, 0.5) is 13.2 Å². The lowest BCUT2D eigenvalue weighted by Gasteiger charge is -2.25. The number of carbonyl (C=O) groups is 1. The molecule has 7 heteroatoms. The van der Waals surface area contributed by atoms with Crippen LogP contribution in [0, 0.1) is 0 Å². The highest BCUT2D eigenvalue weighted by Gasteiger charge is 2.34. The molecule has 2 N–H and O–H groups in total. The molecule has 1 aromatic carbocycles. The maximum atomic E-state index is 12.8. The Hall–Kier alpha value is -1.60. The van der Waals surface area contributed by atoms with Crippen molar-refractivity contribution >= 4 is 5.91 Å². The number of nitrogens with one attached hydrogen (secondary N) is 2. The van der Waals surface area contributed by atoms with Gasteiger partial charge in [-0.15, -0.1) is 0 Å². The normalized spacial score (nSPS) is 12.3. The van der Waals surface area contributed by atoms with Crippen molar-refractivity contribution in [1.82, 2.24) is 10.6 Å². The number of methoxy groups -OCH3 is 1. The number of alkyl halides is 3. The lowest BCUT2D eigenvalue weighted by atomic mass is 9.83. The fourth-order valence-corrected chi connectivity index (χ4v) is 2.00. The number of hydrogen-bond acceptors (Lipinski definition) is 3. The second-order valence-corrected chi connectivity index (χ2v) is 5.70. The van der Waals surface area contributed by atoms with E-state index in [1.165, 1.54) is 12.1 Å². The summed E-state index contributed by atoms with van der Waals surface area (Å²) in [6, 6.07) is 4.87. The van der Waals surface area contributed by atoms with Gasteiger partial charge < -0.3 is 15.4 Å². The summed E-state index contributed by atoms with van der Waals surface area (Å²) in [5.74, 6) is -0.314. The third kappa shape index (κ3) is 5.84. The monoisotopic (exact) mass is 332 g/mol. The average Bonchev–Trinajstić information content (AvgIpc) is 2.49. The summed E-state index contributed by atoms with van der Waals surface area (Å²) in [5, 5.41) is 5.81. The molecule has 0 heterocycles. The molecule has 0 spiro atoms. The third-order valence-electron chi connectivity index (χ3n) is 3.55. The van der Waals surface area contributed by atoms with Crippen LogP contribution in [0.25, 0.3) is 0 Å². The van der Waals surface area contributed by atoms with Gasteiger partial charge in [-0.05, 0) is 25.5 Å². The minimum atomic E-state index is -4.42. The van der Waals surface area contributed by atoms with Crippen LogP contribution >= 0.6 is 0 Å². The lowest BCUT2D eigenvalue weighted by molar-refractivity contribution is -0.137. The van der Waals surface area contributed by atoms with Gasteiger partial charge in [0.1, 0.15) is 0 Å². The zero-order chi connectivity index (χ0) is 17.5. The molecule has 0 saturated carbocycles. The predicted molar refractivity (Wildman–Crippen MR) is 82.2 cm³/mol. The Morgan fingerprint density at radius 1 is 1.13 bits per heavy atom. The van der Waals surface area contributed by atoms with Crippen LogP contribution in [0.2, 0.25) is 0 Å². The van der Waals surface area contributed by atoms with Crippen LogP contribution in [-0.2, 0) is 21.1 Å². The van der Waals surface area contributed by atoms with E-state index in [0.29, 0.717) is 31.8 Å². The summed E-state index contributed by atoms with van der Waals surface area (Å²) in [6.07, 6.45) is -4.42. The van der Waals surface area contributed by atoms with Crippen LogP contribution in [0.1, 0.15) is 25.0 Å². The molecular formula is C16H23F3N2O2. The van der Waals surface area contributed by atoms with Gasteiger partial charge in [0.15, 0.2) is 0 Å². The summed E-state index contributed by atoms with van der Waals surface area (Å²) in [7, 11) is 1.60. The molecule has 0 aliphatic rings. The maximum Gasteiger partial charge on any atom is 0.416 e. The molecule has 1 amide bonds. The van der Waals surface area contributed by atoms with Crippen molar-refractivity contribution in [3.05, 3.63) is 35.4 Å². The van der Waals surface area contributed by atoms with E-state index in [-0.39, 0.29) is 5.91 Å². The molecule has 0 fully saturated rings. The molecule has 0 aliphatic heterocycles. The van der Waals surface area contributed by atoms with Crippen LogP contribution < -0.4 is 10.6 Å². The first-order valence-electron chi connectivity index (χ1n) is 7.35. The Balaban J connectivity index is 2.65. The molecule has 130 valence electrons. The van der Waals surface area contributed by atoms with Crippen LogP contribution in [0.5, 0.6) is 0 Å². The molecule has 0 aromatic heterocycles. The topological polar surface area (TPSA) is 50.4 Å². The van der Waals surface area contributed by atoms with Gasteiger partial charge in [0.05, 0.1) is 17.6 Å². The van der Waals surface area contributed by atoms with Crippen LogP contribution in [-0.4, -0.2) is 39.3 Å². The molecule has 0 aliphatic carbocycles. The summed E-state index contributed by atoms with van der Waals surface area (Å²) in [6.45, 7) is 5.41. The van der Waals surface area contributed by atoms with E-state index in [9.17, 15) is 18.0 Å². The summed E-state index contributed by atoms with van der Waals surface area (Å²) < 4.78 is 43.2. The van der Waals surface area contributed by atoms with E-state index < -0.39 is 17.2 Å². The Bertz CT molecular complexity index is 516. The number of rotatable bonds is 8. The van der Waals surface area contributed by atoms with Crippen LogP contribution in [0.3, 0.4) is 0 Å². The smallest absolute Gasteiger partial charge is 0.383 e. The van der Waals surface area contributed by atoms with E-state index in [0.717, 1.165) is 12.1 Å². The second kappa shape index (κ2) is 8.31. The van der Waals surface area contributed by atoms with Crippen molar-refractivity contribution in [2.75, 3.05) is 33.4 Å². The first-order chi connectivity index (χ1) is 10.7. The molecule has 1 rings (SSSR count). The highest BCUT2D eigenvalue weighted by atomic mass is 19.4. The molecular weight excluding hydrogens is 309 g/mol. The van der Waals surface area contributed by atoms with Crippen molar-refractivity contribution in [2.45, 2.75) is 25.4 Å². The number of carbonyl (C=O) groups excluding carboxylic acids is 1. The summed E-state index contributed by atoms with van der Waals surface area (Å²) in [4.78, 5) is 12.3. The fourth-order valence-electron chi connectivity index (χ4n) is 2.00. The van der Waals surface area contributed by atoms with E-state index in [1.807, 2.05) is 0 Å². The van der Waals surface area contributed by atoms with Gasteiger partial charge in [0.25, 0.3) is 0 Å². The minimum absolute atomic E-state index is 0.314. The van der Waals surface area contributed by atoms with Crippen LogP contribution in [0.15, 0.2) is 24.3 Å². The summed E-state index contributed by atoms with van der Waals surface area (Å²) in [5.41, 5.74) is -1.47. The number of benzene rings is 1. The molecule has 0 unspecified atom stereocenters. The quantitative estimate of drug-likeness (QED) is 0.719. The Labute approximate surface area is 134 Å². The van der Waals surface area contributed by atoms with Gasteiger partial charge in [0, 0.05) is 26.7 Å². The zero-order valence-electron chi connectivity index (χ0n) is 13.6. The van der Waals surface area contributed by atoms with Gasteiger partial charge in [0.2, 0.25) is 5.91 Å². The third-order valence-corrected chi connectivity index (χ3v) is 3.55. The molecule has 0 saturated heterocycles. The van der Waals surface area contributed by atoms with E-state index >= 15 is 0 Å². The summed E-state index contributed by atoms with van der Waals surface area (Å²) >= 11 is 0. The van der Waals surface area contributed by atoms with Gasteiger partial charge >= 0.3 is 6.18 Å². The maximum absolute atomic E-state index is 12.8. The molecule has 1 aromatic rings.